The van der Waals surface area contributed by atoms with E-state index in [1.807, 2.05) is 60.7 Å². The van der Waals surface area contributed by atoms with Crippen molar-refractivity contribution < 1.29 is 9.59 Å². The summed E-state index contributed by atoms with van der Waals surface area (Å²) in [7, 11) is 0. The van der Waals surface area contributed by atoms with Gasteiger partial charge in [0.1, 0.15) is 0 Å². The zero-order valence-corrected chi connectivity index (χ0v) is 13.6. The standard InChI is InChI=1S/C19H23N3O2/c20-17(19(24)22-14-16-9-5-2-6-10-16)11-12-18(23)21-13-15-7-3-1-4-8-15/h1-10,17H,11-14,20H2,(H,21,23)(H,22,24). The van der Waals surface area contributed by atoms with Gasteiger partial charge in [-0.3, -0.25) is 9.59 Å². The number of carbonyl (C=O) groups excluding carboxylic acids is 2. The maximum Gasteiger partial charge on any atom is 0.237 e. The van der Waals surface area contributed by atoms with Crippen molar-refractivity contribution in [3.05, 3.63) is 71.8 Å². The van der Waals surface area contributed by atoms with Crippen molar-refractivity contribution in [1.29, 1.82) is 0 Å². The molecule has 0 heterocycles. The van der Waals surface area contributed by atoms with Gasteiger partial charge in [0, 0.05) is 19.5 Å². The number of nitrogens with two attached hydrogens (primary N) is 1. The average Bonchev–Trinajstić information content (AvgIpc) is 2.64. The molecule has 4 N–H and O–H groups in total. The molecule has 2 amide bonds. The summed E-state index contributed by atoms with van der Waals surface area (Å²) in [5, 5.41) is 5.61. The Labute approximate surface area is 142 Å². The van der Waals surface area contributed by atoms with Crippen molar-refractivity contribution in [1.82, 2.24) is 10.6 Å². The Morgan fingerprint density at radius 3 is 1.88 bits per heavy atom. The highest BCUT2D eigenvalue weighted by Gasteiger charge is 2.14. The largest absolute Gasteiger partial charge is 0.352 e. The fourth-order valence-corrected chi connectivity index (χ4v) is 2.22. The predicted octanol–water partition coefficient (Wildman–Crippen LogP) is 1.73. The zero-order chi connectivity index (χ0) is 17.2. The van der Waals surface area contributed by atoms with Crippen molar-refractivity contribution in [3.63, 3.8) is 0 Å². The highest BCUT2D eigenvalue weighted by atomic mass is 16.2. The van der Waals surface area contributed by atoms with Gasteiger partial charge in [-0.25, -0.2) is 0 Å². The van der Waals surface area contributed by atoms with Crippen LogP contribution in [-0.4, -0.2) is 17.9 Å². The molecule has 0 saturated heterocycles. The second-order valence-corrected chi connectivity index (χ2v) is 5.61. The Kier molecular flexibility index (Phi) is 6.98. The topological polar surface area (TPSA) is 84.2 Å². The fourth-order valence-electron chi connectivity index (χ4n) is 2.22. The van der Waals surface area contributed by atoms with Crippen LogP contribution in [0.2, 0.25) is 0 Å². The minimum atomic E-state index is -0.684. The lowest BCUT2D eigenvalue weighted by atomic mass is 10.1. The monoisotopic (exact) mass is 325 g/mol. The first-order valence-corrected chi connectivity index (χ1v) is 8.03. The molecule has 2 rings (SSSR count). The minimum Gasteiger partial charge on any atom is -0.352 e. The number of nitrogens with one attached hydrogen (secondary N) is 2. The summed E-state index contributed by atoms with van der Waals surface area (Å²) >= 11 is 0. The lowest BCUT2D eigenvalue weighted by molar-refractivity contribution is -0.123. The van der Waals surface area contributed by atoms with Crippen molar-refractivity contribution in [2.75, 3.05) is 0 Å². The molecule has 126 valence electrons. The first-order chi connectivity index (χ1) is 11.6. The summed E-state index contributed by atoms with van der Waals surface area (Å²) < 4.78 is 0. The zero-order valence-electron chi connectivity index (χ0n) is 13.6. The molecule has 0 aliphatic rings. The van der Waals surface area contributed by atoms with Crippen LogP contribution < -0.4 is 16.4 Å². The summed E-state index contributed by atoms with van der Waals surface area (Å²) in [6.45, 7) is 0.919. The summed E-state index contributed by atoms with van der Waals surface area (Å²) in [4.78, 5) is 23.8. The van der Waals surface area contributed by atoms with Crippen LogP contribution in [0.1, 0.15) is 24.0 Å². The van der Waals surface area contributed by atoms with Crippen molar-refractivity contribution in [3.8, 4) is 0 Å². The Bertz CT molecular complexity index is 644. The van der Waals surface area contributed by atoms with Gasteiger partial charge < -0.3 is 16.4 Å². The van der Waals surface area contributed by atoms with Gasteiger partial charge in [-0.1, -0.05) is 60.7 Å². The van der Waals surface area contributed by atoms with Crippen LogP contribution in [0.4, 0.5) is 0 Å². The number of benzene rings is 2. The lowest BCUT2D eigenvalue weighted by Crippen LogP contribution is -2.41. The van der Waals surface area contributed by atoms with E-state index in [0.29, 0.717) is 19.5 Å². The van der Waals surface area contributed by atoms with E-state index in [1.54, 1.807) is 0 Å². The van der Waals surface area contributed by atoms with E-state index >= 15 is 0 Å². The second kappa shape index (κ2) is 9.47. The molecule has 0 aliphatic carbocycles. The Hall–Kier alpha value is -2.66. The number of hydrogen-bond acceptors (Lipinski definition) is 3. The SMILES string of the molecule is NC(CCC(=O)NCc1ccccc1)C(=O)NCc1ccccc1. The maximum absolute atomic E-state index is 11.9. The van der Waals surface area contributed by atoms with Crippen LogP contribution in [0.5, 0.6) is 0 Å². The second-order valence-electron chi connectivity index (χ2n) is 5.61. The van der Waals surface area contributed by atoms with Gasteiger partial charge in [-0.2, -0.15) is 0 Å². The molecule has 0 fully saturated rings. The average molecular weight is 325 g/mol. The molecule has 0 aliphatic heterocycles. The number of rotatable bonds is 8. The minimum absolute atomic E-state index is 0.106. The fraction of sp³-hybridized carbons (Fsp3) is 0.263. The Morgan fingerprint density at radius 1 is 0.833 bits per heavy atom. The van der Waals surface area contributed by atoms with E-state index in [4.69, 9.17) is 5.73 Å². The van der Waals surface area contributed by atoms with Crippen molar-refractivity contribution in [2.24, 2.45) is 5.73 Å². The summed E-state index contributed by atoms with van der Waals surface area (Å²) in [5.74, 6) is -0.347. The summed E-state index contributed by atoms with van der Waals surface area (Å²) in [6, 6.07) is 18.6. The molecule has 24 heavy (non-hydrogen) atoms. The van der Waals surface area contributed by atoms with Crippen molar-refractivity contribution >= 4 is 11.8 Å². The smallest absolute Gasteiger partial charge is 0.237 e. The number of carbonyl (C=O) groups is 2. The first-order valence-electron chi connectivity index (χ1n) is 8.03. The molecule has 0 aromatic heterocycles. The van der Waals surface area contributed by atoms with Crippen LogP contribution in [-0.2, 0) is 22.7 Å². The number of amides is 2. The Balaban J connectivity index is 1.65. The Morgan fingerprint density at radius 2 is 1.33 bits per heavy atom. The van der Waals surface area contributed by atoms with Crippen molar-refractivity contribution in [2.45, 2.75) is 32.0 Å². The summed E-state index contributed by atoms with van der Waals surface area (Å²) in [6.07, 6.45) is 0.550. The molecule has 0 bridgehead atoms. The molecule has 1 unspecified atom stereocenters. The summed E-state index contributed by atoms with van der Waals surface area (Å²) in [5.41, 5.74) is 7.90. The van der Waals surface area contributed by atoms with E-state index in [0.717, 1.165) is 11.1 Å². The molecular weight excluding hydrogens is 302 g/mol. The van der Waals surface area contributed by atoms with Gasteiger partial charge in [-0.05, 0) is 17.5 Å². The van der Waals surface area contributed by atoms with E-state index < -0.39 is 6.04 Å². The predicted molar refractivity (Wildman–Crippen MR) is 93.8 cm³/mol. The van der Waals surface area contributed by atoms with Crippen LogP contribution >= 0.6 is 0 Å². The molecule has 0 spiro atoms. The van der Waals surface area contributed by atoms with Crippen LogP contribution in [0, 0.1) is 0 Å². The molecule has 2 aromatic rings. The highest BCUT2D eigenvalue weighted by molar-refractivity contribution is 5.82. The van der Waals surface area contributed by atoms with E-state index in [2.05, 4.69) is 10.6 Å². The van der Waals surface area contributed by atoms with Crippen LogP contribution in [0.3, 0.4) is 0 Å². The van der Waals surface area contributed by atoms with E-state index in [-0.39, 0.29) is 18.2 Å². The van der Waals surface area contributed by atoms with Gasteiger partial charge in [0.25, 0.3) is 0 Å². The first kappa shape index (κ1) is 17.7. The molecule has 5 nitrogen and oxygen atoms in total. The maximum atomic E-state index is 11.9. The molecular formula is C19H23N3O2. The quantitative estimate of drug-likeness (QED) is 0.691. The molecule has 2 aromatic carbocycles. The molecule has 5 heteroatoms. The molecule has 0 saturated carbocycles. The van der Waals surface area contributed by atoms with Gasteiger partial charge >= 0.3 is 0 Å². The lowest BCUT2D eigenvalue weighted by Gasteiger charge is -2.12. The van der Waals surface area contributed by atoms with Gasteiger partial charge in [0.05, 0.1) is 6.04 Å². The third-order valence-electron chi connectivity index (χ3n) is 3.66. The molecule has 1 atom stereocenters. The van der Waals surface area contributed by atoms with Gasteiger partial charge in [0.15, 0.2) is 0 Å². The normalized spacial score (nSPS) is 11.5. The van der Waals surface area contributed by atoms with E-state index in [1.165, 1.54) is 0 Å². The number of hydrogen-bond donors (Lipinski definition) is 3. The van der Waals surface area contributed by atoms with E-state index in [9.17, 15) is 9.59 Å². The highest BCUT2D eigenvalue weighted by Crippen LogP contribution is 2.01. The van der Waals surface area contributed by atoms with Gasteiger partial charge in [-0.15, -0.1) is 0 Å². The third kappa shape index (κ3) is 6.22. The molecule has 0 radical (unpaired) electrons. The van der Waals surface area contributed by atoms with Gasteiger partial charge in [0.2, 0.25) is 11.8 Å². The third-order valence-corrected chi connectivity index (χ3v) is 3.66. The van der Waals surface area contributed by atoms with Crippen LogP contribution in [0.25, 0.3) is 0 Å². The van der Waals surface area contributed by atoms with Crippen LogP contribution in [0.15, 0.2) is 60.7 Å².